The van der Waals surface area contributed by atoms with Gasteiger partial charge in [0, 0.05) is 12.1 Å². The van der Waals surface area contributed by atoms with Crippen LogP contribution in [0.5, 0.6) is 17.2 Å². The Kier molecular flexibility index (Phi) is 6.23. The van der Waals surface area contributed by atoms with E-state index >= 15 is 0 Å². The molecule has 0 saturated carbocycles. The third-order valence-electron chi connectivity index (χ3n) is 4.72. The molecule has 0 aliphatic heterocycles. The Morgan fingerprint density at radius 1 is 0.941 bits per heavy atom. The lowest BCUT2D eigenvalue weighted by Crippen LogP contribution is -2.15. The van der Waals surface area contributed by atoms with Crippen LogP contribution in [0.1, 0.15) is 16.9 Å². The van der Waals surface area contributed by atoms with Gasteiger partial charge in [0.05, 0.1) is 5.39 Å². The molecule has 1 heterocycles. The average molecular weight is 466 g/mol. The van der Waals surface area contributed by atoms with Gasteiger partial charge in [0.25, 0.3) is 5.76 Å². The normalized spacial score (nSPS) is 11.6. The molecule has 0 N–H and O–H groups in total. The molecule has 0 saturated heterocycles. The second-order valence-corrected chi connectivity index (χ2v) is 7.33. The minimum Gasteiger partial charge on any atom is -0.449 e. The van der Waals surface area contributed by atoms with Crippen LogP contribution >= 0.6 is 0 Å². The molecule has 5 nitrogen and oxygen atoms in total. The van der Waals surface area contributed by atoms with Gasteiger partial charge in [-0.1, -0.05) is 42.5 Å². The van der Waals surface area contributed by atoms with Gasteiger partial charge in [-0.2, -0.15) is 13.2 Å². The van der Waals surface area contributed by atoms with Crippen molar-refractivity contribution >= 4 is 23.0 Å². The van der Waals surface area contributed by atoms with Crippen LogP contribution in [-0.4, -0.2) is 5.97 Å². The van der Waals surface area contributed by atoms with Gasteiger partial charge in [-0.05, 0) is 48.4 Å². The summed E-state index contributed by atoms with van der Waals surface area (Å²) in [5, 5.41) is -0.157. The standard InChI is InChI=1S/C26H17F3O5/c1-16-6-5-9-18(14-16)33-24-23(31)20-12-11-19(15-21(20)34-25(24)26(27,28)29)32-22(30)13-10-17-7-3-2-4-8-17/h2-15H,1H3. The Hall–Kier alpha value is -4.33. The number of rotatable bonds is 5. The van der Waals surface area contributed by atoms with Crippen molar-refractivity contribution in [3.63, 3.8) is 0 Å². The molecule has 3 aromatic carbocycles. The van der Waals surface area contributed by atoms with Crippen LogP contribution in [0.3, 0.4) is 0 Å². The van der Waals surface area contributed by atoms with E-state index in [1.807, 2.05) is 6.07 Å². The second kappa shape index (κ2) is 9.27. The van der Waals surface area contributed by atoms with E-state index in [0.717, 1.165) is 17.2 Å². The number of ether oxygens (including phenoxy) is 2. The number of hydrogen-bond donors (Lipinski definition) is 0. The van der Waals surface area contributed by atoms with E-state index < -0.39 is 34.7 Å². The van der Waals surface area contributed by atoms with Crippen LogP contribution in [0, 0.1) is 6.92 Å². The molecule has 0 aliphatic carbocycles. The molecule has 4 rings (SSSR count). The van der Waals surface area contributed by atoms with Gasteiger partial charge >= 0.3 is 12.1 Å². The third-order valence-corrected chi connectivity index (χ3v) is 4.72. The summed E-state index contributed by atoms with van der Waals surface area (Å²) in [6, 6.07) is 18.8. The van der Waals surface area contributed by atoms with E-state index in [1.165, 1.54) is 36.4 Å². The van der Waals surface area contributed by atoms with Gasteiger partial charge in [0.2, 0.25) is 11.2 Å². The molecule has 8 heteroatoms. The first-order valence-corrected chi connectivity index (χ1v) is 10.1. The van der Waals surface area contributed by atoms with Crippen molar-refractivity contribution in [2.45, 2.75) is 13.1 Å². The summed E-state index contributed by atoms with van der Waals surface area (Å²) in [4.78, 5) is 25.0. The fourth-order valence-electron chi connectivity index (χ4n) is 3.17. The van der Waals surface area contributed by atoms with Crippen molar-refractivity contribution in [2.75, 3.05) is 0 Å². The number of esters is 1. The zero-order valence-electron chi connectivity index (χ0n) is 17.8. The van der Waals surface area contributed by atoms with E-state index in [0.29, 0.717) is 0 Å². The highest BCUT2D eigenvalue weighted by molar-refractivity contribution is 5.89. The largest absolute Gasteiger partial charge is 0.453 e. The molecule has 0 fully saturated rings. The molecule has 0 bridgehead atoms. The predicted molar refractivity (Wildman–Crippen MR) is 120 cm³/mol. The van der Waals surface area contributed by atoms with Gasteiger partial charge < -0.3 is 13.9 Å². The summed E-state index contributed by atoms with van der Waals surface area (Å²) in [6.45, 7) is 1.73. The summed E-state index contributed by atoms with van der Waals surface area (Å²) in [7, 11) is 0. The minimum absolute atomic E-state index is 0.0629. The average Bonchev–Trinajstić information content (AvgIpc) is 2.79. The Morgan fingerprint density at radius 2 is 1.71 bits per heavy atom. The number of carbonyl (C=O) groups is 1. The van der Waals surface area contributed by atoms with Crippen LogP contribution in [0.25, 0.3) is 17.0 Å². The lowest BCUT2D eigenvalue weighted by atomic mass is 10.2. The molecule has 1 aromatic heterocycles. The summed E-state index contributed by atoms with van der Waals surface area (Å²) < 4.78 is 56.6. The third kappa shape index (κ3) is 5.17. The number of fused-ring (bicyclic) bond motifs is 1. The Balaban J connectivity index is 1.68. The fourth-order valence-corrected chi connectivity index (χ4v) is 3.17. The SMILES string of the molecule is Cc1cccc(Oc2c(C(F)(F)F)oc3cc(OC(=O)C=Cc4ccccc4)ccc3c2=O)c1. The molecular weight excluding hydrogens is 449 g/mol. The minimum atomic E-state index is -5.00. The number of benzene rings is 3. The Bertz CT molecular complexity index is 1440. The van der Waals surface area contributed by atoms with Crippen molar-refractivity contribution in [1.82, 2.24) is 0 Å². The predicted octanol–water partition coefficient (Wildman–Crippen LogP) is 6.53. The van der Waals surface area contributed by atoms with Crippen molar-refractivity contribution in [3.8, 4) is 17.2 Å². The zero-order chi connectivity index (χ0) is 24.3. The molecule has 0 amide bonds. The molecule has 0 aliphatic rings. The second-order valence-electron chi connectivity index (χ2n) is 7.33. The molecule has 0 spiro atoms. The van der Waals surface area contributed by atoms with Crippen LogP contribution in [0.4, 0.5) is 13.2 Å². The van der Waals surface area contributed by atoms with Gasteiger partial charge in [0.15, 0.2) is 0 Å². The fraction of sp³-hybridized carbons (Fsp3) is 0.0769. The van der Waals surface area contributed by atoms with Crippen LogP contribution in [0.15, 0.2) is 88.1 Å². The first-order valence-electron chi connectivity index (χ1n) is 10.1. The first kappa shape index (κ1) is 22.8. The lowest BCUT2D eigenvalue weighted by molar-refractivity contribution is -0.154. The van der Waals surface area contributed by atoms with Crippen molar-refractivity contribution in [3.05, 3.63) is 106 Å². The molecule has 0 unspecified atom stereocenters. The van der Waals surface area contributed by atoms with Gasteiger partial charge in [-0.15, -0.1) is 0 Å². The van der Waals surface area contributed by atoms with Crippen LogP contribution in [0.2, 0.25) is 0 Å². The van der Waals surface area contributed by atoms with Gasteiger partial charge in [0.1, 0.15) is 17.1 Å². The summed E-state index contributed by atoms with van der Waals surface area (Å²) >= 11 is 0. The molecular formula is C26H17F3O5. The van der Waals surface area contributed by atoms with E-state index in [1.54, 1.807) is 43.3 Å². The van der Waals surface area contributed by atoms with Gasteiger partial charge in [-0.25, -0.2) is 4.79 Å². The maximum absolute atomic E-state index is 13.7. The summed E-state index contributed by atoms with van der Waals surface area (Å²) in [6.07, 6.45) is -2.30. The van der Waals surface area contributed by atoms with Crippen molar-refractivity contribution < 1.29 is 31.9 Å². The Morgan fingerprint density at radius 3 is 2.41 bits per heavy atom. The lowest BCUT2D eigenvalue weighted by Gasteiger charge is -2.13. The first-order chi connectivity index (χ1) is 16.2. The van der Waals surface area contributed by atoms with E-state index in [4.69, 9.17) is 13.9 Å². The summed E-state index contributed by atoms with van der Waals surface area (Å²) in [5.41, 5.74) is 0.104. The van der Waals surface area contributed by atoms with Crippen LogP contribution < -0.4 is 14.9 Å². The number of carbonyl (C=O) groups excluding carboxylic acids is 1. The quantitative estimate of drug-likeness (QED) is 0.190. The number of aryl methyl sites for hydroxylation is 1. The molecule has 172 valence electrons. The Labute approximate surface area is 191 Å². The highest BCUT2D eigenvalue weighted by atomic mass is 19.4. The van der Waals surface area contributed by atoms with Crippen LogP contribution in [-0.2, 0) is 11.0 Å². The van der Waals surface area contributed by atoms with Crippen molar-refractivity contribution in [1.29, 1.82) is 0 Å². The molecule has 4 aromatic rings. The monoisotopic (exact) mass is 466 g/mol. The number of halogens is 3. The van der Waals surface area contributed by atoms with E-state index in [2.05, 4.69) is 0 Å². The molecule has 0 atom stereocenters. The molecule has 0 radical (unpaired) electrons. The number of alkyl halides is 3. The zero-order valence-corrected chi connectivity index (χ0v) is 17.8. The highest BCUT2D eigenvalue weighted by Crippen LogP contribution is 2.38. The van der Waals surface area contributed by atoms with Crippen molar-refractivity contribution in [2.24, 2.45) is 0 Å². The van der Waals surface area contributed by atoms with E-state index in [-0.39, 0.29) is 16.9 Å². The maximum Gasteiger partial charge on any atom is 0.453 e. The summed E-state index contributed by atoms with van der Waals surface area (Å²) in [5.74, 6) is -3.33. The smallest absolute Gasteiger partial charge is 0.449 e. The van der Waals surface area contributed by atoms with Gasteiger partial charge in [-0.3, -0.25) is 4.79 Å². The maximum atomic E-state index is 13.7. The number of hydrogen-bond acceptors (Lipinski definition) is 5. The molecule has 34 heavy (non-hydrogen) atoms. The topological polar surface area (TPSA) is 65.7 Å². The van der Waals surface area contributed by atoms with E-state index in [9.17, 15) is 22.8 Å². The highest BCUT2D eigenvalue weighted by Gasteiger charge is 2.40.